The lowest BCUT2D eigenvalue weighted by Gasteiger charge is -2.37. The van der Waals surface area contributed by atoms with Gasteiger partial charge in [-0.05, 0) is 118 Å². The number of H-pyrrole nitrogens is 1. The normalized spacial score (nSPS) is 18.3. The fourth-order valence-corrected chi connectivity index (χ4v) is 8.93. The zero-order chi connectivity index (χ0) is 47.3. The fourth-order valence-electron chi connectivity index (χ4n) is 8.93. The van der Waals surface area contributed by atoms with Crippen molar-refractivity contribution < 1.29 is 38.5 Å². The highest BCUT2D eigenvalue weighted by atomic mass is 16.5. The van der Waals surface area contributed by atoms with Gasteiger partial charge in [0.25, 0.3) is 5.91 Å². The van der Waals surface area contributed by atoms with Crippen molar-refractivity contribution in [2.75, 3.05) is 56.8 Å². The van der Waals surface area contributed by atoms with Crippen molar-refractivity contribution in [2.24, 2.45) is 0 Å². The van der Waals surface area contributed by atoms with Crippen LogP contribution in [0.25, 0.3) is 11.4 Å². The second-order valence-electron chi connectivity index (χ2n) is 17.4. The van der Waals surface area contributed by atoms with Crippen molar-refractivity contribution in [3.63, 3.8) is 0 Å². The average Bonchev–Trinajstić information content (AvgIpc) is 3.99. The number of aromatic amines is 1. The molecule has 2 saturated heterocycles. The Morgan fingerprint density at radius 1 is 0.897 bits per heavy atom. The third-order valence-electron chi connectivity index (χ3n) is 12.7. The van der Waals surface area contributed by atoms with Crippen LogP contribution in [0.1, 0.15) is 103 Å². The highest BCUT2D eigenvalue weighted by Gasteiger charge is 2.41. The van der Waals surface area contributed by atoms with E-state index in [1.165, 1.54) is 0 Å². The first-order chi connectivity index (χ1) is 33.2. The molecule has 18 heteroatoms. The number of aliphatic hydroxyl groups is 1. The van der Waals surface area contributed by atoms with Crippen molar-refractivity contribution in [3.8, 4) is 17.1 Å². The molecular formula is C50H60N10O8. The first kappa shape index (κ1) is 47.9. The minimum Gasteiger partial charge on any atom is -0.494 e. The minimum absolute atomic E-state index is 0.156. The van der Waals surface area contributed by atoms with E-state index in [1.807, 2.05) is 67.6 Å². The molecule has 2 aromatic heterocycles. The number of pyridine rings is 1. The number of rotatable bonds is 22. The molecule has 8 rings (SSSR count). The lowest BCUT2D eigenvalue weighted by molar-refractivity contribution is -0.141. The molecule has 3 aliphatic heterocycles. The molecule has 3 aromatic carbocycles. The van der Waals surface area contributed by atoms with Gasteiger partial charge in [0.15, 0.2) is 11.6 Å². The van der Waals surface area contributed by atoms with Crippen molar-refractivity contribution in [1.29, 1.82) is 0 Å². The molecule has 5 aromatic rings. The Morgan fingerprint density at radius 3 is 2.50 bits per heavy atom. The van der Waals surface area contributed by atoms with Crippen LogP contribution >= 0.6 is 0 Å². The van der Waals surface area contributed by atoms with Crippen LogP contribution < -0.4 is 31.3 Å². The van der Waals surface area contributed by atoms with Gasteiger partial charge in [-0.1, -0.05) is 36.8 Å². The standard InChI is InChI=1S/C50H60N10O8/c1-33(53-46(63)36-10-6-11-37(29-36)57-50(19-23-52-24-20-50)49-56-45(58-59-49)34-17-21-51-22-18-34)35-9-7-12-38(30-35)68-26-5-3-2-4-25-66-27-28-67-32-44(62)54-41-14-8-13-39-40(41)31-60(48(39)65)42-15-16-43(61)55-47(42)64/h6-14,17-18,21-22,29-30,33,42,48,52,57,65H,2-5,15-16,19-20,23-28,31-32H2,1H3,(H,53,63)(H,54,62)(H,55,61,64)(H,56,58,59)/t33-,42?,48?/m0/s1. The third-order valence-corrected chi connectivity index (χ3v) is 12.7. The van der Waals surface area contributed by atoms with Crippen LogP contribution in [0.4, 0.5) is 11.4 Å². The maximum Gasteiger partial charge on any atom is 0.251 e. The Balaban J connectivity index is 0.695. The number of fused-ring (bicyclic) bond motifs is 1. The van der Waals surface area contributed by atoms with Crippen molar-refractivity contribution >= 4 is 35.0 Å². The number of carbonyl (C=O) groups excluding carboxylic acids is 4. The van der Waals surface area contributed by atoms with Gasteiger partial charge in [-0.15, -0.1) is 10.2 Å². The van der Waals surface area contributed by atoms with E-state index >= 15 is 0 Å². The summed E-state index contributed by atoms with van der Waals surface area (Å²) in [6, 6.07) is 23.5. The monoisotopic (exact) mass is 928 g/mol. The lowest BCUT2D eigenvalue weighted by Crippen LogP contribution is -2.51. The summed E-state index contributed by atoms with van der Waals surface area (Å²) in [5.74, 6) is 0.933. The average molecular weight is 929 g/mol. The maximum absolute atomic E-state index is 13.6. The summed E-state index contributed by atoms with van der Waals surface area (Å²) in [7, 11) is 0. The largest absolute Gasteiger partial charge is 0.494 e. The number of carbonyl (C=O) groups is 4. The van der Waals surface area contributed by atoms with Gasteiger partial charge in [0.2, 0.25) is 17.7 Å². The van der Waals surface area contributed by atoms with E-state index in [0.29, 0.717) is 48.9 Å². The van der Waals surface area contributed by atoms with Gasteiger partial charge in [0, 0.05) is 60.0 Å². The summed E-state index contributed by atoms with van der Waals surface area (Å²) in [4.78, 5) is 59.5. The van der Waals surface area contributed by atoms with E-state index in [4.69, 9.17) is 14.2 Å². The van der Waals surface area contributed by atoms with Crippen LogP contribution in [-0.2, 0) is 35.9 Å². The molecule has 0 saturated carbocycles. The van der Waals surface area contributed by atoms with Gasteiger partial charge < -0.3 is 45.6 Å². The molecule has 3 atom stereocenters. The number of aliphatic hydroxyl groups excluding tert-OH is 1. The molecule has 5 heterocycles. The molecule has 0 aliphatic carbocycles. The summed E-state index contributed by atoms with van der Waals surface area (Å²) < 4.78 is 17.3. The lowest BCUT2D eigenvalue weighted by atomic mass is 9.87. The number of aromatic nitrogens is 4. The van der Waals surface area contributed by atoms with Crippen LogP contribution in [0.2, 0.25) is 0 Å². The van der Waals surface area contributed by atoms with Gasteiger partial charge >= 0.3 is 0 Å². The highest BCUT2D eigenvalue weighted by molar-refractivity contribution is 6.00. The zero-order valence-electron chi connectivity index (χ0n) is 38.3. The van der Waals surface area contributed by atoms with E-state index in [0.717, 1.165) is 85.6 Å². The summed E-state index contributed by atoms with van der Waals surface area (Å²) in [5.41, 5.74) is 4.62. The molecular weight excluding hydrogens is 869 g/mol. The third kappa shape index (κ3) is 12.1. The summed E-state index contributed by atoms with van der Waals surface area (Å²) in [6.45, 7) is 5.47. The van der Waals surface area contributed by atoms with Gasteiger partial charge in [0.05, 0.1) is 37.4 Å². The van der Waals surface area contributed by atoms with Crippen molar-refractivity contribution in [2.45, 2.75) is 88.7 Å². The predicted octanol–water partition coefficient (Wildman–Crippen LogP) is 5.27. The topological polar surface area (TPSA) is 234 Å². The van der Waals surface area contributed by atoms with Crippen molar-refractivity contribution in [1.82, 2.24) is 41.0 Å². The Morgan fingerprint density at radius 2 is 1.68 bits per heavy atom. The molecule has 358 valence electrons. The first-order valence-corrected chi connectivity index (χ1v) is 23.5. The first-order valence-electron chi connectivity index (χ1n) is 23.5. The summed E-state index contributed by atoms with van der Waals surface area (Å²) in [5, 5.41) is 35.4. The number of imide groups is 1. The number of unbranched alkanes of at least 4 members (excludes halogenated alkanes) is 3. The molecule has 0 bridgehead atoms. The molecule has 68 heavy (non-hydrogen) atoms. The van der Waals surface area contributed by atoms with E-state index in [2.05, 4.69) is 46.7 Å². The molecule has 7 N–H and O–H groups in total. The quantitative estimate of drug-likeness (QED) is 0.0346. The van der Waals surface area contributed by atoms with Crippen molar-refractivity contribution in [3.05, 3.63) is 119 Å². The van der Waals surface area contributed by atoms with E-state index in [9.17, 15) is 24.3 Å². The second kappa shape index (κ2) is 23.0. The molecule has 18 nitrogen and oxygen atoms in total. The second-order valence-corrected chi connectivity index (χ2v) is 17.4. The number of hydrogen-bond acceptors (Lipinski definition) is 14. The van der Waals surface area contributed by atoms with Crippen LogP contribution in [0.3, 0.4) is 0 Å². The number of nitrogens with zero attached hydrogens (tertiary/aromatic N) is 4. The Hall–Kier alpha value is -6.57. The molecule has 3 aliphatic rings. The van der Waals surface area contributed by atoms with Gasteiger partial charge in [-0.25, -0.2) is 0 Å². The van der Waals surface area contributed by atoms with E-state index in [-0.39, 0.29) is 49.9 Å². The van der Waals surface area contributed by atoms with E-state index in [1.54, 1.807) is 35.5 Å². The van der Waals surface area contributed by atoms with Gasteiger partial charge in [-0.3, -0.25) is 34.4 Å². The smallest absolute Gasteiger partial charge is 0.251 e. The molecule has 0 radical (unpaired) electrons. The number of hydrogen-bond donors (Lipinski definition) is 7. The number of ether oxygens (including phenoxy) is 3. The number of benzene rings is 3. The Kier molecular flexibility index (Phi) is 16.2. The SMILES string of the molecule is C[C@H](NC(=O)c1cccc(NC2(c3nnc(-c4ccncc4)[nH]3)CCNCC2)c1)c1cccc(OCCCCCCOCCOCC(=O)Nc2cccc3c2CN(C2CCC(=O)NC2=O)C3O)c1. The van der Waals surface area contributed by atoms with Crippen LogP contribution in [-0.4, -0.2) is 106 Å². The van der Waals surface area contributed by atoms with Gasteiger partial charge in [0.1, 0.15) is 18.6 Å². The maximum atomic E-state index is 13.6. The predicted molar refractivity (Wildman–Crippen MR) is 253 cm³/mol. The fraction of sp³-hybridized carbons (Fsp3) is 0.420. The van der Waals surface area contributed by atoms with Gasteiger partial charge in [-0.2, -0.15) is 0 Å². The molecule has 4 amide bonds. The summed E-state index contributed by atoms with van der Waals surface area (Å²) >= 11 is 0. The minimum atomic E-state index is -1.02. The number of anilines is 2. The molecule has 2 fully saturated rings. The Labute approximate surface area is 395 Å². The molecule has 2 unspecified atom stereocenters. The number of amides is 4. The van der Waals surface area contributed by atoms with Crippen LogP contribution in [0.15, 0.2) is 91.3 Å². The number of nitrogens with one attached hydrogen (secondary N) is 6. The van der Waals surface area contributed by atoms with Crippen LogP contribution in [0.5, 0.6) is 5.75 Å². The van der Waals surface area contributed by atoms with E-state index < -0.39 is 23.7 Å². The summed E-state index contributed by atoms with van der Waals surface area (Å²) in [6.07, 6.45) is 8.29. The molecule has 0 spiro atoms. The van der Waals surface area contributed by atoms with Crippen LogP contribution in [0, 0.1) is 0 Å². The number of piperidine rings is 2. The zero-order valence-corrected chi connectivity index (χ0v) is 38.3. The highest BCUT2D eigenvalue weighted by Crippen LogP contribution is 2.39. The Bertz CT molecular complexity index is 2510.